The van der Waals surface area contributed by atoms with E-state index in [0.29, 0.717) is 0 Å². The summed E-state index contributed by atoms with van der Waals surface area (Å²) in [6, 6.07) is 5.94. The number of halogens is 2. The summed E-state index contributed by atoms with van der Waals surface area (Å²) in [7, 11) is 0. The van der Waals surface area contributed by atoms with Gasteiger partial charge in [0.25, 0.3) is 11.8 Å². The second-order valence-corrected chi connectivity index (χ2v) is 5.21. The Morgan fingerprint density at radius 2 is 1.78 bits per heavy atom. The van der Waals surface area contributed by atoms with Gasteiger partial charge < -0.3 is 14.5 Å². The SMILES string of the molecule is CC(=O)c1c[nH]c(C(=O)OCC(=O)NC(=O)c2ccc(OC(F)F)cc2)c1. The molecular weight excluding hydrogens is 366 g/mol. The molecule has 8 nitrogen and oxygen atoms in total. The molecule has 1 heterocycles. The van der Waals surface area contributed by atoms with Crippen LogP contribution in [-0.2, 0) is 9.53 Å². The number of esters is 1. The van der Waals surface area contributed by atoms with Gasteiger partial charge in [-0.25, -0.2) is 4.79 Å². The molecule has 0 spiro atoms. The molecule has 2 rings (SSSR count). The van der Waals surface area contributed by atoms with Gasteiger partial charge in [-0.15, -0.1) is 0 Å². The molecule has 2 amide bonds. The number of benzene rings is 1. The quantitative estimate of drug-likeness (QED) is 0.560. The van der Waals surface area contributed by atoms with Gasteiger partial charge in [-0.05, 0) is 37.3 Å². The lowest BCUT2D eigenvalue weighted by molar-refractivity contribution is -0.123. The van der Waals surface area contributed by atoms with E-state index in [-0.39, 0.29) is 28.4 Å². The molecule has 0 saturated carbocycles. The molecule has 0 aliphatic heterocycles. The van der Waals surface area contributed by atoms with E-state index in [1.165, 1.54) is 31.3 Å². The van der Waals surface area contributed by atoms with Crippen LogP contribution < -0.4 is 10.1 Å². The monoisotopic (exact) mass is 380 g/mol. The number of ketones is 1. The lowest BCUT2D eigenvalue weighted by Gasteiger charge is -2.07. The summed E-state index contributed by atoms with van der Waals surface area (Å²) in [5.74, 6) is -2.96. The summed E-state index contributed by atoms with van der Waals surface area (Å²) in [4.78, 5) is 49.0. The molecule has 1 aromatic heterocycles. The number of alkyl halides is 2. The maximum absolute atomic E-state index is 12.1. The van der Waals surface area contributed by atoms with Gasteiger partial charge in [0.05, 0.1) is 0 Å². The summed E-state index contributed by atoms with van der Waals surface area (Å²) in [6.07, 6.45) is 1.32. The van der Waals surface area contributed by atoms with Crippen LogP contribution in [0.2, 0.25) is 0 Å². The molecule has 2 N–H and O–H groups in total. The third-order valence-electron chi connectivity index (χ3n) is 3.24. The maximum atomic E-state index is 12.1. The molecule has 0 aliphatic carbocycles. The predicted octanol–water partition coefficient (Wildman–Crippen LogP) is 1.93. The number of imide groups is 1. The molecule has 0 aliphatic rings. The Balaban J connectivity index is 1.84. The van der Waals surface area contributed by atoms with Gasteiger partial charge in [0.15, 0.2) is 12.4 Å². The van der Waals surface area contributed by atoms with Gasteiger partial charge in [0, 0.05) is 17.3 Å². The number of ether oxygens (including phenoxy) is 2. The van der Waals surface area contributed by atoms with Crippen LogP contribution in [0.1, 0.15) is 38.1 Å². The summed E-state index contributed by atoms with van der Waals surface area (Å²) < 4.78 is 33.0. The van der Waals surface area contributed by atoms with Crippen LogP contribution in [0.15, 0.2) is 36.5 Å². The highest BCUT2D eigenvalue weighted by Gasteiger charge is 2.16. The number of amides is 2. The smallest absolute Gasteiger partial charge is 0.387 e. The number of H-pyrrole nitrogens is 1. The molecule has 0 radical (unpaired) electrons. The highest BCUT2D eigenvalue weighted by Crippen LogP contribution is 2.14. The van der Waals surface area contributed by atoms with Crippen molar-refractivity contribution in [1.82, 2.24) is 10.3 Å². The fraction of sp³-hybridized carbons (Fsp3) is 0.176. The molecular formula is C17H14F2N2O6. The zero-order valence-electron chi connectivity index (χ0n) is 14.0. The molecule has 0 unspecified atom stereocenters. The minimum Gasteiger partial charge on any atom is -0.451 e. The van der Waals surface area contributed by atoms with E-state index in [9.17, 15) is 28.0 Å². The first kappa shape index (κ1) is 19.8. The number of aromatic amines is 1. The molecule has 0 fully saturated rings. The first-order chi connectivity index (χ1) is 12.8. The summed E-state index contributed by atoms with van der Waals surface area (Å²) in [6.45, 7) is -2.40. The second-order valence-electron chi connectivity index (χ2n) is 5.21. The standard InChI is InChI=1S/C17H14F2N2O6/c1-9(22)11-6-13(20-7-11)16(25)26-8-14(23)21-15(24)10-2-4-12(5-3-10)27-17(18)19/h2-7,17,20H,8H2,1H3,(H,21,23,24). The Morgan fingerprint density at radius 3 is 2.33 bits per heavy atom. The van der Waals surface area contributed by atoms with E-state index in [0.717, 1.165) is 12.1 Å². The van der Waals surface area contributed by atoms with Crippen molar-refractivity contribution >= 4 is 23.6 Å². The second kappa shape index (κ2) is 8.70. The summed E-state index contributed by atoms with van der Waals surface area (Å²) >= 11 is 0. The van der Waals surface area contributed by atoms with Crippen molar-refractivity contribution < 1.29 is 37.4 Å². The molecule has 27 heavy (non-hydrogen) atoms. The third-order valence-corrected chi connectivity index (χ3v) is 3.24. The highest BCUT2D eigenvalue weighted by molar-refractivity contribution is 6.05. The van der Waals surface area contributed by atoms with Crippen molar-refractivity contribution in [2.45, 2.75) is 13.5 Å². The normalized spacial score (nSPS) is 10.4. The zero-order chi connectivity index (χ0) is 20.0. The molecule has 1 aromatic carbocycles. The van der Waals surface area contributed by atoms with Crippen LogP contribution in [-0.4, -0.2) is 41.8 Å². The number of nitrogens with one attached hydrogen (secondary N) is 2. The lowest BCUT2D eigenvalue weighted by Crippen LogP contribution is -2.34. The molecule has 0 atom stereocenters. The zero-order valence-corrected chi connectivity index (χ0v) is 14.0. The van der Waals surface area contributed by atoms with Gasteiger partial charge >= 0.3 is 12.6 Å². The molecule has 142 valence electrons. The molecule has 0 bridgehead atoms. The number of carbonyl (C=O) groups is 4. The third kappa shape index (κ3) is 5.73. The van der Waals surface area contributed by atoms with Crippen molar-refractivity contribution in [1.29, 1.82) is 0 Å². The number of aromatic nitrogens is 1. The summed E-state index contributed by atoms with van der Waals surface area (Å²) in [5, 5.41) is 1.98. The van der Waals surface area contributed by atoms with Crippen molar-refractivity contribution in [3.63, 3.8) is 0 Å². The van der Waals surface area contributed by atoms with Gasteiger partial charge in [0.1, 0.15) is 11.4 Å². The maximum Gasteiger partial charge on any atom is 0.387 e. The first-order valence-electron chi connectivity index (χ1n) is 7.52. The number of hydrogen-bond donors (Lipinski definition) is 2. The van der Waals surface area contributed by atoms with E-state index in [1.807, 2.05) is 5.32 Å². The van der Waals surface area contributed by atoms with E-state index in [4.69, 9.17) is 4.74 Å². The predicted molar refractivity (Wildman–Crippen MR) is 86.6 cm³/mol. The Kier molecular flexibility index (Phi) is 6.36. The van der Waals surface area contributed by atoms with Gasteiger partial charge in [-0.1, -0.05) is 0 Å². The average molecular weight is 380 g/mol. The van der Waals surface area contributed by atoms with Crippen LogP contribution in [0.25, 0.3) is 0 Å². The number of rotatable bonds is 7. The Hall–Kier alpha value is -3.56. The van der Waals surface area contributed by atoms with Crippen molar-refractivity contribution in [2.24, 2.45) is 0 Å². The first-order valence-corrected chi connectivity index (χ1v) is 7.52. The number of carbonyl (C=O) groups excluding carboxylic acids is 4. The average Bonchev–Trinajstić information content (AvgIpc) is 3.10. The Labute approximate surface area is 151 Å². The largest absolute Gasteiger partial charge is 0.451 e. The summed E-state index contributed by atoms with van der Waals surface area (Å²) in [5.41, 5.74) is 0.279. The highest BCUT2D eigenvalue weighted by atomic mass is 19.3. The fourth-order valence-corrected chi connectivity index (χ4v) is 1.95. The minimum atomic E-state index is -2.99. The van der Waals surface area contributed by atoms with Gasteiger partial charge in [-0.2, -0.15) is 8.78 Å². The van der Waals surface area contributed by atoms with Crippen LogP contribution >= 0.6 is 0 Å². The number of Topliss-reactive ketones (excluding diaryl/α,β-unsaturated/α-hetero) is 1. The van der Waals surface area contributed by atoms with E-state index >= 15 is 0 Å². The molecule has 0 saturated heterocycles. The Morgan fingerprint density at radius 1 is 1.11 bits per heavy atom. The van der Waals surface area contributed by atoms with Crippen molar-refractivity contribution in [3.05, 3.63) is 53.3 Å². The van der Waals surface area contributed by atoms with Crippen LogP contribution in [0.3, 0.4) is 0 Å². The topological polar surface area (TPSA) is 115 Å². The van der Waals surface area contributed by atoms with Crippen molar-refractivity contribution in [3.8, 4) is 5.75 Å². The van der Waals surface area contributed by atoms with Gasteiger partial charge in [0.2, 0.25) is 0 Å². The minimum absolute atomic E-state index is 0.0195. The van der Waals surface area contributed by atoms with Crippen LogP contribution in [0.4, 0.5) is 8.78 Å². The van der Waals surface area contributed by atoms with Crippen LogP contribution in [0, 0.1) is 0 Å². The van der Waals surface area contributed by atoms with E-state index < -0.39 is 31.0 Å². The molecule has 10 heteroatoms. The van der Waals surface area contributed by atoms with E-state index in [1.54, 1.807) is 0 Å². The Bertz CT molecular complexity index is 861. The fourth-order valence-electron chi connectivity index (χ4n) is 1.95. The van der Waals surface area contributed by atoms with E-state index in [2.05, 4.69) is 9.72 Å². The number of hydrogen-bond acceptors (Lipinski definition) is 6. The molecule has 2 aromatic rings. The lowest BCUT2D eigenvalue weighted by atomic mass is 10.2. The van der Waals surface area contributed by atoms with Gasteiger partial charge in [-0.3, -0.25) is 19.7 Å². The van der Waals surface area contributed by atoms with Crippen LogP contribution in [0.5, 0.6) is 5.75 Å². The van der Waals surface area contributed by atoms with Crippen molar-refractivity contribution in [2.75, 3.05) is 6.61 Å².